The van der Waals surface area contributed by atoms with E-state index in [1.807, 2.05) is 0 Å². The number of benzene rings is 1. The summed E-state index contributed by atoms with van der Waals surface area (Å²) < 4.78 is 5.43. The van der Waals surface area contributed by atoms with Gasteiger partial charge >= 0.3 is 0 Å². The summed E-state index contributed by atoms with van der Waals surface area (Å²) in [6.07, 6.45) is 4.40. The first-order chi connectivity index (χ1) is 8.77. The van der Waals surface area contributed by atoms with E-state index < -0.39 is 0 Å². The zero-order chi connectivity index (χ0) is 12.4. The number of ether oxygens (including phenoxy) is 1. The minimum Gasteiger partial charge on any atom is -0.381 e. The van der Waals surface area contributed by atoms with E-state index in [0.29, 0.717) is 0 Å². The second-order valence-electron chi connectivity index (χ2n) is 5.63. The third kappa shape index (κ3) is 2.38. The number of rotatable bonds is 2. The largest absolute Gasteiger partial charge is 0.381 e. The Balaban J connectivity index is 1.77. The molecule has 2 aliphatic rings. The molecule has 0 amide bonds. The molecule has 0 atom stereocenters. The summed E-state index contributed by atoms with van der Waals surface area (Å²) in [5.74, 6) is 0. The maximum Gasteiger partial charge on any atom is 0.0484 e. The molecule has 0 radical (unpaired) electrons. The lowest BCUT2D eigenvalue weighted by Gasteiger charge is -2.41. The molecule has 98 valence electrons. The predicted octanol–water partition coefficient (Wildman–Crippen LogP) is 1.95. The molecule has 0 aromatic heterocycles. The molecule has 0 aliphatic carbocycles. The molecule has 3 heteroatoms. The molecule has 3 nitrogen and oxygen atoms in total. The number of hydrogen-bond donors (Lipinski definition) is 1. The fourth-order valence-electron chi connectivity index (χ4n) is 3.09. The van der Waals surface area contributed by atoms with Crippen LogP contribution in [0.15, 0.2) is 24.3 Å². The summed E-state index contributed by atoms with van der Waals surface area (Å²) in [5.41, 5.74) is 9.32. The van der Waals surface area contributed by atoms with Crippen LogP contribution in [0.5, 0.6) is 0 Å². The maximum atomic E-state index is 6.53. The van der Waals surface area contributed by atoms with Crippen molar-refractivity contribution >= 4 is 5.69 Å². The monoisotopic (exact) mass is 246 g/mol. The molecule has 2 N–H and O–H groups in total. The van der Waals surface area contributed by atoms with E-state index in [1.54, 1.807) is 0 Å². The maximum absolute atomic E-state index is 6.53. The quantitative estimate of drug-likeness (QED) is 0.867. The summed E-state index contributed by atoms with van der Waals surface area (Å²) in [6.45, 7) is 3.72. The highest BCUT2D eigenvalue weighted by Crippen LogP contribution is 2.29. The second-order valence-corrected chi connectivity index (χ2v) is 5.63. The van der Waals surface area contributed by atoms with Gasteiger partial charge in [-0.25, -0.2) is 0 Å². The number of aryl methyl sites for hydroxylation is 1. The van der Waals surface area contributed by atoms with Gasteiger partial charge in [-0.2, -0.15) is 0 Å². The molecule has 1 aromatic rings. The van der Waals surface area contributed by atoms with Gasteiger partial charge in [0.05, 0.1) is 0 Å². The van der Waals surface area contributed by atoms with Crippen LogP contribution in [0.1, 0.15) is 24.8 Å². The summed E-state index contributed by atoms with van der Waals surface area (Å²) in [6, 6.07) is 8.74. The summed E-state index contributed by atoms with van der Waals surface area (Å²) in [7, 11) is 0. The fraction of sp³-hybridized carbons (Fsp3) is 0.600. The predicted molar refractivity (Wildman–Crippen MR) is 73.9 cm³/mol. The lowest BCUT2D eigenvalue weighted by atomic mass is 9.89. The minimum absolute atomic E-state index is 0.0668. The first kappa shape index (κ1) is 12.0. The molecule has 1 saturated heterocycles. The van der Waals surface area contributed by atoms with Crippen molar-refractivity contribution in [3.8, 4) is 0 Å². The first-order valence-corrected chi connectivity index (χ1v) is 6.96. The van der Waals surface area contributed by atoms with E-state index in [1.165, 1.54) is 24.1 Å². The Kier molecular flexibility index (Phi) is 3.27. The molecule has 18 heavy (non-hydrogen) atoms. The molecule has 2 aliphatic heterocycles. The number of anilines is 1. The Labute approximate surface area is 109 Å². The fourth-order valence-corrected chi connectivity index (χ4v) is 3.09. The molecule has 1 fully saturated rings. The van der Waals surface area contributed by atoms with Crippen LogP contribution in [0, 0.1) is 0 Å². The van der Waals surface area contributed by atoms with Crippen LogP contribution in [0.2, 0.25) is 0 Å². The van der Waals surface area contributed by atoms with Gasteiger partial charge in [0.25, 0.3) is 0 Å². The van der Waals surface area contributed by atoms with Crippen LogP contribution < -0.4 is 10.6 Å². The molecule has 1 aromatic carbocycles. The van der Waals surface area contributed by atoms with Crippen LogP contribution in [0.3, 0.4) is 0 Å². The average Bonchev–Trinajstić information content (AvgIpc) is 2.40. The Morgan fingerprint density at radius 2 is 2.00 bits per heavy atom. The van der Waals surface area contributed by atoms with Crippen molar-refractivity contribution in [2.75, 3.05) is 31.2 Å². The van der Waals surface area contributed by atoms with Gasteiger partial charge in [0.15, 0.2) is 0 Å². The van der Waals surface area contributed by atoms with Crippen LogP contribution in [-0.4, -0.2) is 31.8 Å². The highest BCUT2D eigenvalue weighted by atomic mass is 16.5. The molecule has 0 saturated carbocycles. The van der Waals surface area contributed by atoms with Gasteiger partial charge in [-0.1, -0.05) is 18.2 Å². The molecule has 0 spiro atoms. The Bertz CT molecular complexity index is 413. The van der Waals surface area contributed by atoms with E-state index >= 15 is 0 Å². The zero-order valence-corrected chi connectivity index (χ0v) is 10.9. The lowest BCUT2D eigenvalue weighted by molar-refractivity contribution is 0.0553. The van der Waals surface area contributed by atoms with Gasteiger partial charge < -0.3 is 15.4 Å². The standard InChI is InChI=1S/C15H22N2O/c16-15(7-10-18-11-8-15)12-17-9-3-5-13-4-1-2-6-14(13)17/h1-2,4,6H,3,5,7-12,16H2. The SMILES string of the molecule is NC1(CN2CCCc3ccccc32)CCOCC1. The average molecular weight is 246 g/mol. The number of nitrogens with zero attached hydrogens (tertiary/aromatic N) is 1. The van der Waals surface area contributed by atoms with Gasteiger partial charge in [0, 0.05) is 37.5 Å². The molecule has 0 bridgehead atoms. The lowest BCUT2D eigenvalue weighted by Crippen LogP contribution is -2.54. The zero-order valence-electron chi connectivity index (χ0n) is 10.9. The molecular formula is C15H22N2O. The van der Waals surface area contributed by atoms with Crippen LogP contribution in [0.4, 0.5) is 5.69 Å². The Morgan fingerprint density at radius 1 is 1.22 bits per heavy atom. The highest BCUT2D eigenvalue weighted by molar-refractivity contribution is 5.55. The summed E-state index contributed by atoms with van der Waals surface area (Å²) >= 11 is 0. The van der Waals surface area contributed by atoms with Crippen LogP contribution in [0.25, 0.3) is 0 Å². The topological polar surface area (TPSA) is 38.5 Å². The number of hydrogen-bond acceptors (Lipinski definition) is 3. The van der Waals surface area contributed by atoms with E-state index in [2.05, 4.69) is 29.2 Å². The van der Waals surface area contributed by atoms with E-state index in [-0.39, 0.29) is 5.54 Å². The van der Waals surface area contributed by atoms with Crippen molar-refractivity contribution in [3.63, 3.8) is 0 Å². The smallest absolute Gasteiger partial charge is 0.0484 e. The van der Waals surface area contributed by atoms with Crippen LogP contribution in [-0.2, 0) is 11.2 Å². The number of nitrogens with two attached hydrogens (primary N) is 1. The minimum atomic E-state index is -0.0668. The third-order valence-electron chi connectivity index (χ3n) is 4.20. The normalized spacial score (nSPS) is 22.6. The van der Waals surface area contributed by atoms with Crippen molar-refractivity contribution < 1.29 is 4.74 Å². The molecule has 2 heterocycles. The number of fused-ring (bicyclic) bond motifs is 1. The second kappa shape index (κ2) is 4.90. The Hall–Kier alpha value is -1.06. The molecule has 3 rings (SSSR count). The molecule has 0 unspecified atom stereocenters. The van der Waals surface area contributed by atoms with E-state index in [0.717, 1.165) is 39.1 Å². The van der Waals surface area contributed by atoms with Crippen molar-refractivity contribution in [1.29, 1.82) is 0 Å². The third-order valence-corrected chi connectivity index (χ3v) is 4.20. The molecular weight excluding hydrogens is 224 g/mol. The van der Waals surface area contributed by atoms with E-state index in [4.69, 9.17) is 10.5 Å². The van der Waals surface area contributed by atoms with Gasteiger partial charge in [-0.3, -0.25) is 0 Å². The van der Waals surface area contributed by atoms with Crippen molar-refractivity contribution in [1.82, 2.24) is 0 Å². The van der Waals surface area contributed by atoms with Gasteiger partial charge in [-0.15, -0.1) is 0 Å². The van der Waals surface area contributed by atoms with Gasteiger partial charge in [0.1, 0.15) is 0 Å². The van der Waals surface area contributed by atoms with Crippen LogP contribution >= 0.6 is 0 Å². The number of para-hydroxylation sites is 1. The Morgan fingerprint density at radius 3 is 2.83 bits per heavy atom. The van der Waals surface area contributed by atoms with Gasteiger partial charge in [-0.05, 0) is 37.3 Å². The van der Waals surface area contributed by atoms with Gasteiger partial charge in [0.2, 0.25) is 0 Å². The highest BCUT2D eigenvalue weighted by Gasteiger charge is 2.31. The van der Waals surface area contributed by atoms with Crippen molar-refractivity contribution in [2.24, 2.45) is 5.73 Å². The summed E-state index contributed by atoms with van der Waals surface area (Å²) in [5, 5.41) is 0. The first-order valence-electron chi connectivity index (χ1n) is 6.96. The summed E-state index contributed by atoms with van der Waals surface area (Å²) in [4.78, 5) is 2.48. The van der Waals surface area contributed by atoms with Crippen molar-refractivity contribution in [3.05, 3.63) is 29.8 Å². The van der Waals surface area contributed by atoms with E-state index in [9.17, 15) is 0 Å². The van der Waals surface area contributed by atoms with Crippen molar-refractivity contribution in [2.45, 2.75) is 31.2 Å².